The monoisotopic (exact) mass is 404 g/mol. The van der Waals surface area contributed by atoms with E-state index in [2.05, 4.69) is 20.1 Å². The molecule has 0 radical (unpaired) electrons. The summed E-state index contributed by atoms with van der Waals surface area (Å²) >= 11 is 0. The standard InChI is InChI=1S/C21H21FN8/c1-13-7-24-10-18(27-13)17-6-19-14(8-25-17)9-26-30(19)21-4-2-3-20(28-21)29-11-15(22)5-16(23)12-29/h2-4,6-10,15-16H,5,11-12,23H2,1H3/t15-,16-/m0/s1. The van der Waals surface area contributed by atoms with E-state index in [9.17, 15) is 4.39 Å². The smallest absolute Gasteiger partial charge is 0.156 e. The Morgan fingerprint density at radius 1 is 1.03 bits per heavy atom. The lowest BCUT2D eigenvalue weighted by Crippen LogP contribution is -2.48. The molecule has 0 aromatic carbocycles. The maximum atomic E-state index is 14.0. The Morgan fingerprint density at radius 3 is 2.73 bits per heavy atom. The first-order chi connectivity index (χ1) is 14.6. The second kappa shape index (κ2) is 7.42. The Balaban J connectivity index is 1.54. The van der Waals surface area contributed by atoms with Crippen molar-refractivity contribution in [3.8, 4) is 17.2 Å². The topological polar surface area (TPSA) is 98.6 Å². The number of halogens is 1. The van der Waals surface area contributed by atoms with Gasteiger partial charge >= 0.3 is 0 Å². The molecule has 0 bridgehead atoms. The zero-order chi connectivity index (χ0) is 20.7. The first-order valence-corrected chi connectivity index (χ1v) is 9.81. The molecule has 4 aromatic heterocycles. The first kappa shape index (κ1) is 18.6. The van der Waals surface area contributed by atoms with Crippen LogP contribution in [0.25, 0.3) is 28.1 Å². The number of piperidine rings is 1. The van der Waals surface area contributed by atoms with E-state index in [0.717, 1.165) is 16.6 Å². The molecule has 1 aliphatic rings. The number of fused-ring (bicyclic) bond motifs is 1. The van der Waals surface area contributed by atoms with Crippen molar-refractivity contribution in [3.63, 3.8) is 0 Å². The number of aromatic nitrogens is 6. The maximum absolute atomic E-state index is 14.0. The van der Waals surface area contributed by atoms with Crippen LogP contribution in [0.15, 0.2) is 49.1 Å². The van der Waals surface area contributed by atoms with Crippen molar-refractivity contribution in [2.75, 3.05) is 18.0 Å². The number of nitrogens with zero attached hydrogens (tertiary/aromatic N) is 7. The molecule has 0 unspecified atom stereocenters. The normalized spacial score (nSPS) is 19.4. The molecule has 1 aliphatic heterocycles. The van der Waals surface area contributed by atoms with Gasteiger partial charge in [0.1, 0.15) is 17.7 Å². The van der Waals surface area contributed by atoms with Crippen LogP contribution in [0.3, 0.4) is 0 Å². The highest BCUT2D eigenvalue weighted by Gasteiger charge is 2.26. The number of alkyl halides is 1. The van der Waals surface area contributed by atoms with E-state index in [1.54, 1.807) is 29.5 Å². The van der Waals surface area contributed by atoms with Gasteiger partial charge in [-0.15, -0.1) is 0 Å². The van der Waals surface area contributed by atoms with Gasteiger partial charge in [-0.1, -0.05) is 6.07 Å². The predicted molar refractivity (Wildman–Crippen MR) is 112 cm³/mol. The zero-order valence-electron chi connectivity index (χ0n) is 16.5. The van der Waals surface area contributed by atoms with Crippen molar-refractivity contribution in [1.82, 2.24) is 29.7 Å². The van der Waals surface area contributed by atoms with Crippen LogP contribution >= 0.6 is 0 Å². The number of hydrogen-bond acceptors (Lipinski definition) is 7. The van der Waals surface area contributed by atoms with Crippen molar-refractivity contribution in [1.29, 1.82) is 0 Å². The fourth-order valence-corrected chi connectivity index (χ4v) is 3.80. The number of aryl methyl sites for hydroxylation is 1. The van der Waals surface area contributed by atoms with E-state index < -0.39 is 6.17 Å². The SMILES string of the molecule is Cc1cncc(-c2cc3c(cn2)cnn3-c2cccc(N3C[C@@H](N)C[C@H](F)C3)n2)n1. The van der Waals surface area contributed by atoms with Crippen LogP contribution in [0.1, 0.15) is 12.1 Å². The minimum Gasteiger partial charge on any atom is -0.352 e. The lowest BCUT2D eigenvalue weighted by atomic mass is 10.1. The van der Waals surface area contributed by atoms with Crippen LogP contribution in [0.5, 0.6) is 0 Å². The average molecular weight is 404 g/mol. The van der Waals surface area contributed by atoms with Gasteiger partial charge in [0.2, 0.25) is 0 Å². The summed E-state index contributed by atoms with van der Waals surface area (Å²) in [4.78, 5) is 19.8. The molecule has 1 fully saturated rings. The van der Waals surface area contributed by atoms with Gasteiger partial charge in [0.15, 0.2) is 5.82 Å². The van der Waals surface area contributed by atoms with Gasteiger partial charge in [0, 0.05) is 30.4 Å². The highest BCUT2D eigenvalue weighted by Crippen LogP contribution is 2.24. The van der Waals surface area contributed by atoms with Gasteiger partial charge in [-0.05, 0) is 31.5 Å². The van der Waals surface area contributed by atoms with Crippen molar-refractivity contribution in [2.45, 2.75) is 25.6 Å². The van der Waals surface area contributed by atoms with Crippen molar-refractivity contribution >= 4 is 16.7 Å². The third-order valence-electron chi connectivity index (χ3n) is 5.16. The molecule has 5 rings (SSSR count). The van der Waals surface area contributed by atoms with E-state index >= 15 is 0 Å². The molecule has 0 aliphatic carbocycles. The maximum Gasteiger partial charge on any atom is 0.156 e. The van der Waals surface area contributed by atoms with Crippen LogP contribution < -0.4 is 10.6 Å². The summed E-state index contributed by atoms with van der Waals surface area (Å²) in [5.41, 5.74) is 9.08. The van der Waals surface area contributed by atoms with E-state index in [4.69, 9.17) is 10.7 Å². The minimum absolute atomic E-state index is 0.200. The molecular weight excluding hydrogens is 383 g/mol. The second-order valence-corrected chi connectivity index (χ2v) is 7.58. The Hall–Kier alpha value is -3.46. The molecule has 4 aromatic rings. The largest absolute Gasteiger partial charge is 0.352 e. The summed E-state index contributed by atoms with van der Waals surface area (Å²) in [5, 5.41) is 5.38. The molecule has 0 saturated carbocycles. The Bertz CT molecular complexity index is 1200. The molecule has 8 nitrogen and oxygen atoms in total. The lowest BCUT2D eigenvalue weighted by Gasteiger charge is -2.33. The summed E-state index contributed by atoms with van der Waals surface area (Å²) in [6.45, 7) is 2.77. The number of anilines is 1. The van der Waals surface area contributed by atoms with Gasteiger partial charge in [0.05, 0.1) is 35.8 Å². The van der Waals surface area contributed by atoms with Gasteiger partial charge in [-0.25, -0.2) is 19.0 Å². The van der Waals surface area contributed by atoms with Crippen molar-refractivity contribution in [3.05, 3.63) is 54.7 Å². The van der Waals surface area contributed by atoms with E-state index in [1.165, 1.54) is 0 Å². The summed E-state index contributed by atoms with van der Waals surface area (Å²) in [6.07, 6.45) is 6.34. The average Bonchev–Trinajstić information content (AvgIpc) is 3.16. The molecule has 5 heterocycles. The molecular formula is C21H21FN8. The van der Waals surface area contributed by atoms with Crippen molar-refractivity contribution < 1.29 is 4.39 Å². The molecule has 1 saturated heterocycles. The molecule has 2 N–H and O–H groups in total. The van der Waals surface area contributed by atoms with E-state index in [1.807, 2.05) is 36.1 Å². The summed E-state index contributed by atoms with van der Waals surface area (Å²) in [5.74, 6) is 1.33. The first-order valence-electron chi connectivity index (χ1n) is 9.81. The van der Waals surface area contributed by atoms with Gasteiger partial charge in [-0.3, -0.25) is 9.97 Å². The quantitative estimate of drug-likeness (QED) is 0.560. The van der Waals surface area contributed by atoms with Crippen LogP contribution in [-0.2, 0) is 0 Å². The third-order valence-corrected chi connectivity index (χ3v) is 5.16. The molecule has 0 amide bonds. The highest BCUT2D eigenvalue weighted by atomic mass is 19.1. The van der Waals surface area contributed by atoms with E-state index in [0.29, 0.717) is 42.5 Å². The lowest BCUT2D eigenvalue weighted by molar-refractivity contribution is 0.268. The molecule has 30 heavy (non-hydrogen) atoms. The molecule has 2 atom stereocenters. The van der Waals surface area contributed by atoms with Crippen LogP contribution in [-0.4, -0.2) is 55.0 Å². The predicted octanol–water partition coefficient (Wildman–Crippen LogP) is 2.46. The minimum atomic E-state index is -0.950. The fourth-order valence-electron chi connectivity index (χ4n) is 3.80. The molecule has 9 heteroatoms. The van der Waals surface area contributed by atoms with Gasteiger partial charge in [0.25, 0.3) is 0 Å². The highest BCUT2D eigenvalue weighted by molar-refractivity contribution is 5.82. The summed E-state index contributed by atoms with van der Waals surface area (Å²) in [7, 11) is 0. The van der Waals surface area contributed by atoms with Gasteiger partial charge in [-0.2, -0.15) is 5.10 Å². The third kappa shape index (κ3) is 3.48. The number of nitrogens with two attached hydrogens (primary N) is 1. The Labute approximate surface area is 172 Å². The molecule has 0 spiro atoms. The van der Waals surface area contributed by atoms with Crippen molar-refractivity contribution in [2.24, 2.45) is 5.73 Å². The van der Waals surface area contributed by atoms with Crippen LogP contribution in [0.2, 0.25) is 0 Å². The summed E-state index contributed by atoms with van der Waals surface area (Å²) in [6, 6.07) is 7.37. The van der Waals surface area contributed by atoms with Gasteiger partial charge < -0.3 is 10.6 Å². The number of rotatable bonds is 3. The fraction of sp³-hybridized carbons (Fsp3) is 0.286. The summed E-state index contributed by atoms with van der Waals surface area (Å²) < 4.78 is 15.8. The Morgan fingerprint density at radius 2 is 1.90 bits per heavy atom. The molecule has 152 valence electrons. The Kier molecular flexibility index (Phi) is 4.59. The zero-order valence-corrected chi connectivity index (χ0v) is 16.5. The van der Waals surface area contributed by atoms with Crippen LogP contribution in [0, 0.1) is 6.92 Å². The van der Waals surface area contributed by atoms with E-state index in [-0.39, 0.29) is 6.04 Å². The number of pyridine rings is 2. The second-order valence-electron chi connectivity index (χ2n) is 7.58. The van der Waals surface area contributed by atoms with Crippen LogP contribution in [0.4, 0.5) is 10.2 Å². The number of hydrogen-bond donors (Lipinski definition) is 1.